The summed E-state index contributed by atoms with van der Waals surface area (Å²) in [5, 5.41) is 3.69. The molecule has 2 aliphatic rings. The maximum atomic E-state index is 3.69. The molecule has 4 atom stereocenters. The highest BCUT2D eigenvalue weighted by atomic mass is 15.2. The first-order valence-corrected chi connectivity index (χ1v) is 7.23. The van der Waals surface area contributed by atoms with Crippen LogP contribution < -0.4 is 5.32 Å². The van der Waals surface area contributed by atoms with Crippen LogP contribution in [0.2, 0.25) is 0 Å². The molecule has 1 aliphatic heterocycles. The van der Waals surface area contributed by atoms with E-state index in [0.717, 1.165) is 30.6 Å². The number of nitrogens with one attached hydrogen (secondary N) is 1. The van der Waals surface area contributed by atoms with Crippen molar-refractivity contribution in [3.8, 4) is 0 Å². The van der Waals surface area contributed by atoms with Crippen LogP contribution in [0.25, 0.3) is 0 Å². The van der Waals surface area contributed by atoms with Crippen molar-refractivity contribution in [3.63, 3.8) is 0 Å². The van der Waals surface area contributed by atoms with Gasteiger partial charge >= 0.3 is 0 Å². The topological polar surface area (TPSA) is 15.3 Å². The average molecular weight is 224 g/mol. The van der Waals surface area contributed by atoms with Crippen molar-refractivity contribution in [2.75, 3.05) is 13.1 Å². The lowest BCUT2D eigenvalue weighted by atomic mass is 9.90. The molecule has 0 bridgehead atoms. The molecule has 1 saturated carbocycles. The zero-order chi connectivity index (χ0) is 11.5. The molecule has 0 aromatic heterocycles. The fourth-order valence-corrected chi connectivity index (χ4v) is 3.67. The van der Waals surface area contributed by atoms with Crippen LogP contribution in [0.4, 0.5) is 0 Å². The Balaban J connectivity index is 1.99. The summed E-state index contributed by atoms with van der Waals surface area (Å²) in [7, 11) is 0. The number of hydrogen-bond donors (Lipinski definition) is 1. The molecule has 0 amide bonds. The summed E-state index contributed by atoms with van der Waals surface area (Å²) in [5.74, 6) is 0.886. The van der Waals surface area contributed by atoms with Gasteiger partial charge in [0.25, 0.3) is 0 Å². The molecule has 1 N–H and O–H groups in total. The molecule has 4 unspecified atom stereocenters. The molecule has 16 heavy (non-hydrogen) atoms. The molecule has 2 fully saturated rings. The third-order valence-electron chi connectivity index (χ3n) is 4.79. The monoisotopic (exact) mass is 224 g/mol. The van der Waals surface area contributed by atoms with E-state index >= 15 is 0 Å². The molecule has 2 nitrogen and oxygen atoms in total. The molecule has 0 aromatic carbocycles. The van der Waals surface area contributed by atoms with Gasteiger partial charge in [0.15, 0.2) is 0 Å². The maximum absolute atomic E-state index is 3.69. The smallest absolute Gasteiger partial charge is 0.0252 e. The van der Waals surface area contributed by atoms with Crippen LogP contribution >= 0.6 is 0 Å². The average Bonchev–Trinajstić information content (AvgIpc) is 2.71. The highest BCUT2D eigenvalue weighted by molar-refractivity contribution is 4.94. The van der Waals surface area contributed by atoms with Crippen molar-refractivity contribution in [1.29, 1.82) is 0 Å². The number of rotatable bonds is 3. The Kier molecular flexibility index (Phi) is 4.26. The van der Waals surface area contributed by atoms with Crippen molar-refractivity contribution >= 4 is 0 Å². The van der Waals surface area contributed by atoms with Crippen molar-refractivity contribution in [1.82, 2.24) is 10.2 Å². The van der Waals surface area contributed by atoms with Gasteiger partial charge in [-0.05, 0) is 51.6 Å². The van der Waals surface area contributed by atoms with Crippen LogP contribution in [-0.4, -0.2) is 36.1 Å². The number of likely N-dealkylation sites (N-methyl/N-ethyl adjacent to an activating group) is 1. The zero-order valence-corrected chi connectivity index (χ0v) is 11.2. The Morgan fingerprint density at radius 3 is 2.69 bits per heavy atom. The van der Waals surface area contributed by atoms with Gasteiger partial charge in [0.1, 0.15) is 0 Å². The lowest BCUT2D eigenvalue weighted by Gasteiger charge is -2.43. The van der Waals surface area contributed by atoms with E-state index in [0.29, 0.717) is 0 Å². The second kappa shape index (κ2) is 5.50. The van der Waals surface area contributed by atoms with E-state index in [1.165, 1.54) is 38.6 Å². The third-order valence-corrected chi connectivity index (χ3v) is 4.79. The molecule has 1 aliphatic carbocycles. The van der Waals surface area contributed by atoms with Gasteiger partial charge in [-0.1, -0.05) is 20.3 Å². The highest BCUT2D eigenvalue weighted by Gasteiger charge is 2.36. The van der Waals surface area contributed by atoms with Crippen molar-refractivity contribution in [3.05, 3.63) is 0 Å². The molecule has 1 heterocycles. The second-order valence-corrected chi connectivity index (χ2v) is 5.76. The first-order valence-electron chi connectivity index (χ1n) is 7.23. The Hall–Kier alpha value is -0.0800. The molecule has 0 radical (unpaired) electrons. The summed E-state index contributed by atoms with van der Waals surface area (Å²) >= 11 is 0. The Labute approximate surface area is 101 Å². The lowest BCUT2D eigenvalue weighted by Crippen LogP contribution is -2.54. The number of hydrogen-bond acceptors (Lipinski definition) is 2. The SMILES string of the molecule is CCNC1CCCC1N1CCCC(C)C1C. The van der Waals surface area contributed by atoms with Crippen LogP contribution in [0.3, 0.4) is 0 Å². The van der Waals surface area contributed by atoms with Crippen molar-refractivity contribution in [2.45, 2.75) is 71.0 Å². The summed E-state index contributed by atoms with van der Waals surface area (Å²) in [6.07, 6.45) is 7.04. The summed E-state index contributed by atoms with van der Waals surface area (Å²) in [6, 6.07) is 2.37. The first-order chi connectivity index (χ1) is 7.74. The molecule has 0 aromatic rings. The molecule has 94 valence electrons. The molecular formula is C14H28N2. The van der Waals surface area contributed by atoms with Gasteiger partial charge in [-0.25, -0.2) is 0 Å². The van der Waals surface area contributed by atoms with Crippen LogP contribution in [0, 0.1) is 5.92 Å². The van der Waals surface area contributed by atoms with Gasteiger partial charge in [0.05, 0.1) is 0 Å². The fraction of sp³-hybridized carbons (Fsp3) is 1.00. The van der Waals surface area contributed by atoms with Crippen LogP contribution in [0.1, 0.15) is 52.9 Å². The van der Waals surface area contributed by atoms with E-state index in [-0.39, 0.29) is 0 Å². The highest BCUT2D eigenvalue weighted by Crippen LogP contribution is 2.31. The quantitative estimate of drug-likeness (QED) is 0.793. The molecule has 2 rings (SSSR count). The minimum Gasteiger partial charge on any atom is -0.313 e. The minimum atomic E-state index is 0.762. The summed E-state index contributed by atoms with van der Waals surface area (Å²) < 4.78 is 0. The number of nitrogens with zero attached hydrogens (tertiary/aromatic N) is 1. The van der Waals surface area contributed by atoms with Gasteiger partial charge in [-0.3, -0.25) is 4.90 Å². The van der Waals surface area contributed by atoms with Gasteiger partial charge < -0.3 is 5.32 Å². The van der Waals surface area contributed by atoms with Gasteiger partial charge in [0.2, 0.25) is 0 Å². The van der Waals surface area contributed by atoms with Gasteiger partial charge in [0, 0.05) is 18.1 Å². The Bertz CT molecular complexity index is 217. The van der Waals surface area contributed by atoms with Crippen LogP contribution in [0.5, 0.6) is 0 Å². The zero-order valence-electron chi connectivity index (χ0n) is 11.2. The van der Waals surface area contributed by atoms with Crippen molar-refractivity contribution < 1.29 is 0 Å². The Morgan fingerprint density at radius 1 is 1.12 bits per heavy atom. The second-order valence-electron chi connectivity index (χ2n) is 5.76. The van der Waals surface area contributed by atoms with E-state index in [2.05, 4.69) is 31.0 Å². The summed E-state index contributed by atoms with van der Waals surface area (Å²) in [6.45, 7) is 9.55. The van der Waals surface area contributed by atoms with E-state index in [4.69, 9.17) is 0 Å². The van der Waals surface area contributed by atoms with E-state index in [1.54, 1.807) is 0 Å². The molecule has 2 heteroatoms. The van der Waals surface area contributed by atoms with Crippen LogP contribution in [-0.2, 0) is 0 Å². The van der Waals surface area contributed by atoms with E-state index in [1.807, 2.05) is 0 Å². The van der Waals surface area contributed by atoms with Gasteiger partial charge in [-0.15, -0.1) is 0 Å². The van der Waals surface area contributed by atoms with E-state index in [9.17, 15) is 0 Å². The molecular weight excluding hydrogens is 196 g/mol. The Morgan fingerprint density at radius 2 is 1.94 bits per heavy atom. The molecule has 1 saturated heterocycles. The normalized spacial score (nSPS) is 41.4. The minimum absolute atomic E-state index is 0.762. The maximum Gasteiger partial charge on any atom is 0.0252 e. The van der Waals surface area contributed by atoms with E-state index < -0.39 is 0 Å². The standard InChI is InChI=1S/C14H28N2/c1-4-15-13-8-5-9-14(13)16-10-6-7-11(2)12(16)3/h11-15H,4-10H2,1-3H3. The summed E-state index contributed by atoms with van der Waals surface area (Å²) in [5.41, 5.74) is 0. The summed E-state index contributed by atoms with van der Waals surface area (Å²) in [4.78, 5) is 2.80. The largest absolute Gasteiger partial charge is 0.313 e. The predicted molar refractivity (Wildman–Crippen MR) is 69.7 cm³/mol. The first kappa shape index (κ1) is 12.4. The van der Waals surface area contributed by atoms with Crippen molar-refractivity contribution in [2.24, 2.45) is 5.92 Å². The van der Waals surface area contributed by atoms with Gasteiger partial charge in [-0.2, -0.15) is 0 Å². The number of piperidine rings is 1. The third kappa shape index (κ3) is 2.43. The van der Waals surface area contributed by atoms with Crippen LogP contribution in [0.15, 0.2) is 0 Å². The predicted octanol–water partition coefficient (Wildman–Crippen LogP) is 2.64. The lowest BCUT2D eigenvalue weighted by molar-refractivity contribution is 0.0588. The fourth-order valence-electron chi connectivity index (χ4n) is 3.67. The molecule has 0 spiro atoms. The number of likely N-dealkylation sites (tertiary alicyclic amines) is 1.